The largest absolute Gasteiger partial charge is 0.456 e. The van der Waals surface area contributed by atoms with E-state index in [9.17, 15) is 0 Å². The van der Waals surface area contributed by atoms with Crippen molar-refractivity contribution in [3.8, 4) is 33.4 Å². The van der Waals surface area contributed by atoms with Gasteiger partial charge in [0.15, 0.2) is 0 Å². The van der Waals surface area contributed by atoms with E-state index in [4.69, 9.17) is 13.3 Å². The molecule has 88 heavy (non-hydrogen) atoms. The van der Waals surface area contributed by atoms with Gasteiger partial charge < -0.3 is 23.1 Å². The third-order valence-electron chi connectivity index (χ3n) is 21.0. The molecule has 0 amide bonds. The Morgan fingerprint density at radius 1 is 0.352 bits per heavy atom. The number of anilines is 6. The lowest BCUT2D eigenvalue weighted by molar-refractivity contribution is -0.0396. The summed E-state index contributed by atoms with van der Waals surface area (Å²) in [4.78, 5) is 4.94. The number of para-hydroxylation sites is 2. The van der Waals surface area contributed by atoms with Crippen molar-refractivity contribution in [1.82, 2.24) is 0 Å². The second-order valence-electron chi connectivity index (χ2n) is 25.5. The van der Waals surface area contributed by atoms with Crippen molar-refractivity contribution < 1.29 is 13.3 Å². The van der Waals surface area contributed by atoms with Gasteiger partial charge in [-0.3, -0.25) is 0 Å². The van der Waals surface area contributed by atoms with Crippen molar-refractivity contribution in [2.24, 2.45) is 23.7 Å². The smallest absolute Gasteiger partial charge is 0.140 e. The molecule has 4 heterocycles. The van der Waals surface area contributed by atoms with E-state index >= 15 is 0 Å². The molecular weight excluding hydrogens is 1090 g/mol. The summed E-state index contributed by atoms with van der Waals surface area (Å²) < 4.78 is 23.8. The van der Waals surface area contributed by atoms with Gasteiger partial charge in [-0.05, 0) is 180 Å². The van der Waals surface area contributed by atoms with E-state index in [-0.39, 0.29) is 5.41 Å². The number of thiophene rings is 1. The molecule has 0 atom stereocenters. The Morgan fingerprint density at radius 2 is 0.818 bits per heavy atom. The highest BCUT2D eigenvalue weighted by molar-refractivity contribution is 7.26. The van der Waals surface area contributed by atoms with Crippen LogP contribution < -0.4 is 9.80 Å². The molecule has 5 aliphatic rings. The predicted molar refractivity (Wildman–Crippen MR) is 365 cm³/mol. The van der Waals surface area contributed by atoms with Crippen LogP contribution in [0.4, 0.5) is 34.1 Å². The summed E-state index contributed by atoms with van der Waals surface area (Å²) in [5, 5.41) is 9.36. The predicted octanol–water partition coefficient (Wildman–Crippen LogP) is 23.7. The van der Waals surface area contributed by atoms with E-state index in [1.165, 1.54) is 102 Å². The van der Waals surface area contributed by atoms with E-state index in [0.29, 0.717) is 11.8 Å². The van der Waals surface area contributed by atoms with Crippen LogP contribution in [0.3, 0.4) is 0 Å². The minimum Gasteiger partial charge on any atom is -0.456 e. The minimum atomic E-state index is -0.264. The quantitative estimate of drug-likeness (QED) is 0.152. The van der Waals surface area contributed by atoms with Crippen LogP contribution in [0.15, 0.2) is 268 Å². The number of hydrogen-bond acceptors (Lipinski definition) is 6. The van der Waals surface area contributed by atoms with Gasteiger partial charge in [0.05, 0.1) is 5.69 Å². The van der Waals surface area contributed by atoms with E-state index in [1.807, 2.05) is 17.4 Å². The summed E-state index contributed by atoms with van der Waals surface area (Å²) in [5.74, 6) is 2.45. The van der Waals surface area contributed by atoms with E-state index in [2.05, 4.69) is 259 Å². The van der Waals surface area contributed by atoms with Crippen molar-refractivity contribution in [2.45, 2.75) is 37.5 Å². The molecule has 0 saturated heterocycles. The van der Waals surface area contributed by atoms with Crippen molar-refractivity contribution in [3.63, 3.8) is 0 Å². The lowest BCUT2D eigenvalue weighted by Crippen LogP contribution is -2.55. The molecule has 5 aliphatic carbocycles. The van der Waals surface area contributed by atoms with Gasteiger partial charge in [-0.1, -0.05) is 146 Å². The molecule has 5 nitrogen and oxygen atoms in total. The van der Waals surface area contributed by atoms with Gasteiger partial charge in [-0.15, -0.1) is 11.3 Å². The number of furan rings is 3. The van der Waals surface area contributed by atoms with Crippen LogP contribution in [0.25, 0.3) is 119 Å². The molecule has 21 rings (SSSR count). The fourth-order valence-corrected chi connectivity index (χ4v) is 18.9. The Morgan fingerprint density at radius 3 is 1.42 bits per heavy atom. The summed E-state index contributed by atoms with van der Waals surface area (Å²) in [6, 6.07) is 93.6. The van der Waals surface area contributed by atoms with Crippen LogP contribution in [-0.2, 0) is 5.41 Å². The molecule has 4 bridgehead atoms. The lowest BCUT2D eigenvalue weighted by atomic mass is 9.43. The van der Waals surface area contributed by atoms with Crippen LogP contribution in [0, 0.1) is 23.7 Å². The third kappa shape index (κ3) is 6.98. The van der Waals surface area contributed by atoms with Gasteiger partial charge in [0.1, 0.15) is 33.5 Å². The number of nitrogens with zero attached hydrogens (tertiary/aromatic N) is 2. The van der Waals surface area contributed by atoms with Crippen molar-refractivity contribution in [3.05, 3.63) is 266 Å². The van der Waals surface area contributed by atoms with Crippen molar-refractivity contribution >= 4 is 131 Å². The zero-order chi connectivity index (χ0) is 57.3. The zero-order valence-corrected chi connectivity index (χ0v) is 48.9. The first-order valence-electron chi connectivity index (χ1n) is 31.3. The molecule has 4 fully saturated rings. The Kier molecular flexibility index (Phi) is 10.3. The molecule has 4 aromatic heterocycles. The Balaban J connectivity index is 0.829. The molecule has 0 N–H and O–H groups in total. The lowest BCUT2D eigenvalue weighted by Gasteiger charge is -2.61. The first-order chi connectivity index (χ1) is 43.6. The summed E-state index contributed by atoms with van der Waals surface area (Å²) >= 11 is 1.97. The van der Waals surface area contributed by atoms with Crippen LogP contribution >= 0.6 is 11.3 Å². The molecule has 4 saturated carbocycles. The maximum atomic E-state index is 7.77. The van der Waals surface area contributed by atoms with Gasteiger partial charge >= 0.3 is 0 Å². The first kappa shape index (κ1) is 49.0. The molecule has 0 aliphatic heterocycles. The van der Waals surface area contributed by atoms with Crippen LogP contribution in [0.2, 0.25) is 0 Å². The molecule has 0 unspecified atom stereocenters. The summed E-state index contributed by atoms with van der Waals surface area (Å²) in [7, 11) is 0. The molecule has 1 spiro atoms. The minimum absolute atomic E-state index is 0.264. The Labute approximate surface area is 511 Å². The number of benzene rings is 12. The van der Waals surface area contributed by atoms with Gasteiger partial charge in [0.2, 0.25) is 0 Å². The second kappa shape index (κ2) is 18.4. The molecule has 12 aromatic carbocycles. The van der Waals surface area contributed by atoms with E-state index < -0.39 is 0 Å². The van der Waals surface area contributed by atoms with Crippen LogP contribution in [0.1, 0.15) is 43.2 Å². The number of rotatable bonds is 8. The SMILES string of the molecule is c1ccc(-c2cccc(N(c3ccc4c(c3)oc3ccccc34)c3ccc4c(c3)oc3c5c(ccc34)-c3c(cc(N(c4cccc(-c6ccccc6)c4)c4ccc6c(c4)oc4ccccc46)c4c3sc3ccccc34)C53C4CC5CC(C4)CC3C5)c2)cc1. The van der Waals surface area contributed by atoms with Gasteiger partial charge in [0, 0.05) is 116 Å². The van der Waals surface area contributed by atoms with Crippen LogP contribution in [0.5, 0.6) is 0 Å². The Hall–Kier alpha value is -10.1. The highest BCUT2D eigenvalue weighted by Gasteiger charge is 2.63. The average molecular weight is 1150 g/mol. The highest BCUT2D eigenvalue weighted by Crippen LogP contribution is 2.72. The maximum absolute atomic E-state index is 7.77. The van der Waals surface area contributed by atoms with Crippen molar-refractivity contribution in [2.75, 3.05) is 9.80 Å². The average Bonchev–Trinajstić information content (AvgIpc) is 1.42. The number of hydrogen-bond donors (Lipinski definition) is 0. The molecular formula is C82H56N2O3S. The molecule has 0 radical (unpaired) electrons. The van der Waals surface area contributed by atoms with Gasteiger partial charge in [0.25, 0.3) is 0 Å². The summed E-state index contributed by atoms with van der Waals surface area (Å²) in [6.45, 7) is 0. The highest BCUT2D eigenvalue weighted by atomic mass is 32.1. The monoisotopic (exact) mass is 1150 g/mol. The van der Waals surface area contributed by atoms with E-state index in [0.717, 1.165) is 106 Å². The third-order valence-corrected chi connectivity index (χ3v) is 22.2. The van der Waals surface area contributed by atoms with Crippen molar-refractivity contribution in [1.29, 1.82) is 0 Å². The summed E-state index contributed by atoms with van der Waals surface area (Å²) in [6.07, 6.45) is 6.33. The zero-order valence-electron chi connectivity index (χ0n) is 48.1. The molecule has 418 valence electrons. The number of fused-ring (bicyclic) bond motifs is 17. The fraction of sp³-hybridized carbons (Fsp3) is 0.122. The standard InChI is InChI=1S/C82H56N2O3S/c1-3-15-50(16-4-1)52-19-13-21-56(42-52)83(58-29-32-63-61-23-7-10-26-71(61)85-73(63)44-58)59-30-34-65-66-35-36-68-77-69(82(79(68)80(66)87-75(65)45-59)54-38-48-37-49(40-54)41-55(82)39-48)47-70(78-67-25-9-12-28-76(67)88-81(77)78)84(57-22-14-20-53(43-57)51-17-5-2-6-18-51)60-31-33-64-62-24-8-11-27-72(62)86-74(64)46-60/h1-36,42-49,54-55H,37-41H2. The Bertz CT molecular complexity index is 5540. The molecule has 6 heteroatoms. The maximum Gasteiger partial charge on any atom is 0.140 e. The normalized spacial score (nSPS) is 19.2. The fourth-order valence-electron chi connectivity index (χ4n) is 17.6. The van der Waals surface area contributed by atoms with Gasteiger partial charge in [-0.25, -0.2) is 0 Å². The topological polar surface area (TPSA) is 45.9 Å². The molecule has 16 aromatic rings. The second-order valence-corrected chi connectivity index (χ2v) is 26.6. The van der Waals surface area contributed by atoms with Crippen LogP contribution in [-0.4, -0.2) is 0 Å². The van der Waals surface area contributed by atoms with Gasteiger partial charge in [-0.2, -0.15) is 0 Å². The first-order valence-corrected chi connectivity index (χ1v) is 32.1. The van der Waals surface area contributed by atoms with E-state index in [1.54, 1.807) is 0 Å². The summed E-state index contributed by atoms with van der Waals surface area (Å²) in [5.41, 5.74) is 22.0.